The van der Waals surface area contributed by atoms with Crippen LogP contribution in [0.25, 0.3) is 0 Å². The largest absolute Gasteiger partial charge is 0.481 e. The first-order valence-electron chi connectivity index (χ1n) is 3.55. The lowest BCUT2D eigenvalue weighted by Crippen LogP contribution is -2.35. The van der Waals surface area contributed by atoms with Gasteiger partial charge in [0, 0.05) is 6.04 Å². The topological polar surface area (TPSA) is 49.3 Å². The van der Waals surface area contributed by atoms with Crippen molar-refractivity contribution in [1.29, 1.82) is 0 Å². The van der Waals surface area contributed by atoms with Crippen LogP contribution in [-0.2, 0) is 4.79 Å². The lowest BCUT2D eigenvalue weighted by atomic mass is 10.0. The number of carboxylic acid groups (broad SMARTS) is 1. The van der Waals surface area contributed by atoms with Gasteiger partial charge in [0.05, 0.1) is 5.92 Å². The minimum atomic E-state index is -0.742. The van der Waals surface area contributed by atoms with Gasteiger partial charge in [0.2, 0.25) is 0 Å². The number of carbonyl (C=O) groups is 1. The van der Waals surface area contributed by atoms with Gasteiger partial charge in [-0.25, -0.2) is 0 Å². The van der Waals surface area contributed by atoms with E-state index in [-0.39, 0.29) is 12.0 Å². The monoisotopic (exact) mass is 145 g/mol. The van der Waals surface area contributed by atoms with Crippen LogP contribution in [0.4, 0.5) is 0 Å². The molecular weight excluding hydrogens is 130 g/mol. The van der Waals surface area contributed by atoms with Crippen LogP contribution in [0.5, 0.6) is 0 Å². The van der Waals surface area contributed by atoms with Crippen LogP contribution < -0.4 is 5.32 Å². The molecule has 0 fully saturated rings. The van der Waals surface area contributed by atoms with Crippen molar-refractivity contribution in [1.82, 2.24) is 5.32 Å². The lowest BCUT2D eigenvalue weighted by molar-refractivity contribution is -0.141. The molecule has 0 radical (unpaired) electrons. The molecular formula is C7H15NO2. The predicted octanol–water partition coefficient (Wildman–Crippen LogP) is 0.705. The van der Waals surface area contributed by atoms with Crippen LogP contribution in [0.2, 0.25) is 0 Å². The second-order valence-electron chi connectivity index (χ2n) is 2.47. The van der Waals surface area contributed by atoms with Gasteiger partial charge in [-0.15, -0.1) is 0 Å². The van der Waals surface area contributed by atoms with Crippen molar-refractivity contribution < 1.29 is 9.90 Å². The Labute approximate surface area is 61.4 Å². The first-order valence-corrected chi connectivity index (χ1v) is 3.55. The van der Waals surface area contributed by atoms with Crippen LogP contribution in [-0.4, -0.2) is 23.7 Å². The van der Waals surface area contributed by atoms with Gasteiger partial charge in [0.25, 0.3) is 0 Å². The Balaban J connectivity index is 3.69. The summed E-state index contributed by atoms with van der Waals surface area (Å²) in [6, 6.07) is 0.0579. The van der Waals surface area contributed by atoms with Gasteiger partial charge in [-0.1, -0.05) is 13.8 Å². The molecule has 0 rings (SSSR count). The molecule has 0 heterocycles. The molecule has 3 nitrogen and oxygen atoms in total. The normalized spacial score (nSPS) is 16.3. The molecule has 0 aromatic carbocycles. The van der Waals surface area contributed by atoms with Crippen molar-refractivity contribution in [2.75, 3.05) is 6.54 Å². The number of aliphatic carboxylic acids is 1. The fourth-order valence-corrected chi connectivity index (χ4v) is 0.713. The molecule has 60 valence electrons. The molecule has 0 bridgehead atoms. The predicted molar refractivity (Wildman–Crippen MR) is 39.9 cm³/mol. The number of hydrogen-bond donors (Lipinski definition) is 2. The van der Waals surface area contributed by atoms with Crippen LogP contribution in [0.3, 0.4) is 0 Å². The van der Waals surface area contributed by atoms with Crippen molar-refractivity contribution in [3.05, 3.63) is 0 Å². The van der Waals surface area contributed by atoms with Crippen LogP contribution in [0, 0.1) is 5.92 Å². The molecule has 0 aliphatic carbocycles. The van der Waals surface area contributed by atoms with Gasteiger partial charge in [-0.3, -0.25) is 4.79 Å². The molecule has 0 spiro atoms. The Kier molecular flexibility index (Phi) is 4.03. The molecule has 0 aromatic rings. The molecule has 10 heavy (non-hydrogen) atoms. The van der Waals surface area contributed by atoms with E-state index in [1.54, 1.807) is 6.92 Å². The van der Waals surface area contributed by atoms with Crippen LogP contribution in [0.15, 0.2) is 0 Å². The van der Waals surface area contributed by atoms with Gasteiger partial charge >= 0.3 is 5.97 Å². The quantitative estimate of drug-likeness (QED) is 0.612. The van der Waals surface area contributed by atoms with E-state index < -0.39 is 5.97 Å². The first kappa shape index (κ1) is 9.43. The summed E-state index contributed by atoms with van der Waals surface area (Å²) >= 11 is 0. The molecule has 3 heteroatoms. The highest BCUT2D eigenvalue weighted by Crippen LogP contribution is 2.00. The second-order valence-corrected chi connectivity index (χ2v) is 2.47. The molecule has 0 saturated carbocycles. The van der Waals surface area contributed by atoms with Crippen molar-refractivity contribution in [3.8, 4) is 0 Å². The number of carboxylic acids is 1. The Hall–Kier alpha value is -0.570. The van der Waals surface area contributed by atoms with E-state index in [9.17, 15) is 4.79 Å². The molecule has 2 unspecified atom stereocenters. The maximum atomic E-state index is 10.4. The first-order chi connectivity index (χ1) is 4.59. The lowest BCUT2D eigenvalue weighted by Gasteiger charge is -2.15. The number of rotatable bonds is 4. The minimum absolute atomic E-state index is 0.0579. The number of hydrogen-bond acceptors (Lipinski definition) is 2. The Morgan fingerprint density at radius 2 is 2.10 bits per heavy atom. The Bertz CT molecular complexity index is 114. The van der Waals surface area contributed by atoms with Crippen molar-refractivity contribution in [2.24, 2.45) is 5.92 Å². The maximum absolute atomic E-state index is 10.4. The fraction of sp³-hybridized carbons (Fsp3) is 0.857. The molecule has 0 saturated heterocycles. The van der Waals surface area contributed by atoms with Crippen LogP contribution in [0.1, 0.15) is 20.8 Å². The average Bonchev–Trinajstić information content (AvgIpc) is 1.87. The molecule has 0 amide bonds. The Morgan fingerprint density at radius 1 is 1.60 bits per heavy atom. The molecule has 2 N–H and O–H groups in total. The highest BCUT2D eigenvalue weighted by molar-refractivity contribution is 5.70. The summed E-state index contributed by atoms with van der Waals surface area (Å²) in [5.74, 6) is -1.05. The second kappa shape index (κ2) is 4.28. The Morgan fingerprint density at radius 3 is 2.40 bits per heavy atom. The smallest absolute Gasteiger partial charge is 0.307 e. The van der Waals surface area contributed by atoms with Crippen LogP contribution >= 0.6 is 0 Å². The van der Waals surface area contributed by atoms with Gasteiger partial charge in [0.15, 0.2) is 0 Å². The summed E-state index contributed by atoms with van der Waals surface area (Å²) in [6.45, 7) is 6.36. The summed E-state index contributed by atoms with van der Waals surface area (Å²) in [6.07, 6.45) is 0. The summed E-state index contributed by atoms with van der Waals surface area (Å²) in [5.41, 5.74) is 0. The third-order valence-electron chi connectivity index (χ3n) is 1.67. The van der Waals surface area contributed by atoms with E-state index in [1.165, 1.54) is 0 Å². The summed E-state index contributed by atoms with van der Waals surface area (Å²) in [7, 11) is 0. The van der Waals surface area contributed by atoms with Gasteiger partial charge in [-0.05, 0) is 13.5 Å². The summed E-state index contributed by atoms with van der Waals surface area (Å²) < 4.78 is 0. The standard InChI is InChI=1S/C7H15NO2/c1-4-8-6(3)5(2)7(9)10/h5-6,8H,4H2,1-3H3,(H,9,10). The number of nitrogens with one attached hydrogen (secondary N) is 1. The van der Waals surface area contributed by atoms with E-state index in [0.29, 0.717) is 0 Å². The van der Waals surface area contributed by atoms with Crippen molar-refractivity contribution in [3.63, 3.8) is 0 Å². The molecule has 0 aliphatic rings. The minimum Gasteiger partial charge on any atom is -0.481 e. The van der Waals surface area contributed by atoms with E-state index in [1.807, 2.05) is 13.8 Å². The zero-order valence-corrected chi connectivity index (χ0v) is 6.72. The SMILES string of the molecule is CCNC(C)C(C)C(=O)O. The van der Waals surface area contributed by atoms with Crippen molar-refractivity contribution >= 4 is 5.97 Å². The van der Waals surface area contributed by atoms with Crippen molar-refractivity contribution in [2.45, 2.75) is 26.8 Å². The molecule has 0 aromatic heterocycles. The van der Waals surface area contributed by atoms with E-state index in [0.717, 1.165) is 6.54 Å². The zero-order valence-electron chi connectivity index (χ0n) is 6.72. The maximum Gasteiger partial charge on any atom is 0.307 e. The van der Waals surface area contributed by atoms with E-state index in [2.05, 4.69) is 5.32 Å². The summed E-state index contributed by atoms with van der Waals surface area (Å²) in [4.78, 5) is 10.4. The van der Waals surface area contributed by atoms with Gasteiger partial charge in [0.1, 0.15) is 0 Å². The zero-order chi connectivity index (χ0) is 8.15. The molecule has 0 aliphatic heterocycles. The highest BCUT2D eigenvalue weighted by atomic mass is 16.4. The third-order valence-corrected chi connectivity index (χ3v) is 1.67. The third kappa shape index (κ3) is 2.82. The fourth-order valence-electron chi connectivity index (χ4n) is 0.713. The van der Waals surface area contributed by atoms with E-state index >= 15 is 0 Å². The van der Waals surface area contributed by atoms with E-state index in [4.69, 9.17) is 5.11 Å². The van der Waals surface area contributed by atoms with Gasteiger partial charge < -0.3 is 10.4 Å². The highest BCUT2D eigenvalue weighted by Gasteiger charge is 2.17. The molecule has 2 atom stereocenters. The average molecular weight is 145 g/mol. The summed E-state index contributed by atoms with van der Waals surface area (Å²) in [5, 5.41) is 11.6. The van der Waals surface area contributed by atoms with Gasteiger partial charge in [-0.2, -0.15) is 0 Å².